The Labute approximate surface area is 147 Å². The third kappa shape index (κ3) is 3.90. The van der Waals surface area contributed by atoms with E-state index in [1.54, 1.807) is 37.3 Å². The summed E-state index contributed by atoms with van der Waals surface area (Å²) in [6.45, 7) is 4.69. The van der Waals surface area contributed by atoms with Gasteiger partial charge in [0.25, 0.3) is 11.8 Å². The molecule has 1 saturated heterocycles. The van der Waals surface area contributed by atoms with Gasteiger partial charge in [-0.3, -0.25) is 9.59 Å². The van der Waals surface area contributed by atoms with Crippen LogP contribution in [0.3, 0.4) is 0 Å². The first-order valence-corrected chi connectivity index (χ1v) is 8.74. The molecule has 0 spiro atoms. The molecule has 0 aliphatic carbocycles. The summed E-state index contributed by atoms with van der Waals surface area (Å²) in [6, 6.07) is 8.73. The van der Waals surface area contributed by atoms with Crippen LogP contribution in [-0.2, 0) is 0 Å². The van der Waals surface area contributed by atoms with Crippen molar-refractivity contribution in [3.8, 4) is 0 Å². The lowest BCUT2D eigenvalue weighted by Gasteiger charge is -2.35. The third-order valence-electron chi connectivity index (χ3n) is 4.62. The van der Waals surface area contributed by atoms with Crippen LogP contribution in [0.4, 0.5) is 5.82 Å². The maximum atomic E-state index is 12.7. The van der Waals surface area contributed by atoms with Gasteiger partial charge in [-0.2, -0.15) is 0 Å². The minimum absolute atomic E-state index is 0.0469. The number of aryl methyl sites for hydroxylation is 1. The molecule has 132 valence electrons. The lowest BCUT2D eigenvalue weighted by molar-refractivity contribution is 0.0607. The van der Waals surface area contributed by atoms with Gasteiger partial charge >= 0.3 is 0 Å². The predicted molar refractivity (Wildman–Crippen MR) is 94.6 cm³/mol. The zero-order valence-electron chi connectivity index (χ0n) is 14.6. The van der Waals surface area contributed by atoms with Gasteiger partial charge < -0.3 is 14.7 Å². The van der Waals surface area contributed by atoms with E-state index < -0.39 is 0 Å². The maximum Gasteiger partial charge on any atom is 0.256 e. The largest absolute Gasteiger partial charge is 0.360 e. The molecule has 1 aromatic heterocycles. The Morgan fingerprint density at radius 1 is 1.24 bits per heavy atom. The van der Waals surface area contributed by atoms with Crippen LogP contribution in [0.5, 0.6) is 0 Å². The number of anilines is 1. The molecule has 0 bridgehead atoms. The van der Waals surface area contributed by atoms with Gasteiger partial charge in [-0.05, 0) is 56.9 Å². The molecule has 1 unspecified atom stereocenters. The number of carbonyl (C=O) groups is 2. The Bertz CT molecular complexity index is 752. The van der Waals surface area contributed by atoms with Gasteiger partial charge in [0.15, 0.2) is 5.82 Å². The zero-order chi connectivity index (χ0) is 17.8. The lowest BCUT2D eigenvalue weighted by atomic mass is 9.98. The molecule has 1 aromatic carbocycles. The predicted octanol–water partition coefficient (Wildman–Crippen LogP) is 3.64. The van der Waals surface area contributed by atoms with Crippen LogP contribution in [0.2, 0.25) is 0 Å². The van der Waals surface area contributed by atoms with Crippen molar-refractivity contribution in [2.75, 3.05) is 11.9 Å². The van der Waals surface area contributed by atoms with Gasteiger partial charge in [-0.25, -0.2) is 0 Å². The molecule has 0 saturated carbocycles. The van der Waals surface area contributed by atoms with E-state index in [2.05, 4.69) is 17.4 Å². The van der Waals surface area contributed by atoms with E-state index in [4.69, 9.17) is 4.52 Å². The first-order chi connectivity index (χ1) is 12.1. The molecule has 1 aliphatic heterocycles. The molecule has 1 atom stereocenters. The van der Waals surface area contributed by atoms with Crippen molar-refractivity contribution < 1.29 is 14.1 Å². The summed E-state index contributed by atoms with van der Waals surface area (Å²) in [4.78, 5) is 26.9. The van der Waals surface area contributed by atoms with E-state index in [1.165, 1.54) is 6.42 Å². The topological polar surface area (TPSA) is 75.4 Å². The zero-order valence-corrected chi connectivity index (χ0v) is 14.6. The van der Waals surface area contributed by atoms with Crippen LogP contribution in [-0.4, -0.2) is 34.5 Å². The van der Waals surface area contributed by atoms with Crippen LogP contribution in [0.25, 0.3) is 0 Å². The van der Waals surface area contributed by atoms with Crippen LogP contribution in [0.15, 0.2) is 34.9 Å². The second-order valence-electron chi connectivity index (χ2n) is 6.41. The normalized spacial score (nSPS) is 17.4. The highest BCUT2D eigenvalue weighted by Gasteiger charge is 2.26. The van der Waals surface area contributed by atoms with Gasteiger partial charge in [-0.15, -0.1) is 0 Å². The molecule has 1 fully saturated rings. The number of nitrogens with one attached hydrogen (secondary N) is 1. The molecule has 1 aliphatic rings. The number of amides is 2. The summed E-state index contributed by atoms with van der Waals surface area (Å²) in [6.07, 6.45) is 4.28. The SMILES string of the molecule is CCC1CCCCN1C(=O)c1ccc(C(=O)Nc2cc(C)on2)cc1. The van der Waals surface area contributed by atoms with Gasteiger partial charge in [0.1, 0.15) is 5.76 Å². The van der Waals surface area contributed by atoms with Crippen LogP contribution in [0.1, 0.15) is 59.1 Å². The van der Waals surface area contributed by atoms with Crippen molar-refractivity contribution in [2.45, 2.75) is 45.6 Å². The second kappa shape index (κ2) is 7.51. The molecular weight excluding hydrogens is 318 g/mol. The number of aromatic nitrogens is 1. The molecule has 6 heteroatoms. The average Bonchev–Trinajstić information content (AvgIpc) is 3.06. The third-order valence-corrected chi connectivity index (χ3v) is 4.62. The van der Waals surface area contributed by atoms with Crippen molar-refractivity contribution in [3.05, 3.63) is 47.2 Å². The summed E-state index contributed by atoms with van der Waals surface area (Å²) < 4.78 is 4.92. The van der Waals surface area contributed by atoms with E-state index in [1.807, 2.05) is 4.90 Å². The van der Waals surface area contributed by atoms with E-state index in [-0.39, 0.29) is 11.8 Å². The molecule has 2 aromatic rings. The lowest BCUT2D eigenvalue weighted by Crippen LogP contribution is -2.43. The summed E-state index contributed by atoms with van der Waals surface area (Å²) >= 11 is 0. The molecule has 3 rings (SSSR count). The van der Waals surface area contributed by atoms with Gasteiger partial charge in [0.2, 0.25) is 0 Å². The molecule has 25 heavy (non-hydrogen) atoms. The minimum Gasteiger partial charge on any atom is -0.360 e. The first-order valence-electron chi connectivity index (χ1n) is 8.74. The Hall–Kier alpha value is -2.63. The minimum atomic E-state index is -0.281. The number of carbonyl (C=O) groups excluding carboxylic acids is 2. The Balaban J connectivity index is 1.68. The monoisotopic (exact) mass is 341 g/mol. The highest BCUT2D eigenvalue weighted by molar-refractivity contribution is 6.04. The number of rotatable bonds is 4. The Morgan fingerprint density at radius 2 is 1.96 bits per heavy atom. The fraction of sp³-hybridized carbons (Fsp3) is 0.421. The average molecular weight is 341 g/mol. The quantitative estimate of drug-likeness (QED) is 0.921. The smallest absolute Gasteiger partial charge is 0.256 e. The fourth-order valence-corrected chi connectivity index (χ4v) is 3.24. The van der Waals surface area contributed by atoms with Gasteiger partial charge in [0.05, 0.1) is 0 Å². The fourth-order valence-electron chi connectivity index (χ4n) is 3.24. The summed E-state index contributed by atoms with van der Waals surface area (Å²) in [5, 5.41) is 6.41. The second-order valence-corrected chi connectivity index (χ2v) is 6.41. The maximum absolute atomic E-state index is 12.7. The first kappa shape index (κ1) is 17.2. The highest BCUT2D eigenvalue weighted by atomic mass is 16.5. The van der Waals surface area contributed by atoms with E-state index in [9.17, 15) is 9.59 Å². The van der Waals surface area contributed by atoms with Gasteiger partial charge in [-0.1, -0.05) is 12.1 Å². The van der Waals surface area contributed by atoms with Crippen molar-refractivity contribution in [2.24, 2.45) is 0 Å². The number of piperidine rings is 1. The van der Waals surface area contributed by atoms with Crippen molar-refractivity contribution >= 4 is 17.6 Å². The molecule has 2 amide bonds. The number of benzene rings is 1. The number of likely N-dealkylation sites (tertiary alicyclic amines) is 1. The number of hydrogen-bond donors (Lipinski definition) is 1. The van der Waals surface area contributed by atoms with E-state index in [0.717, 1.165) is 25.8 Å². The Morgan fingerprint density at radius 3 is 2.60 bits per heavy atom. The van der Waals surface area contributed by atoms with Crippen molar-refractivity contribution in [1.82, 2.24) is 10.1 Å². The van der Waals surface area contributed by atoms with E-state index >= 15 is 0 Å². The molecule has 6 nitrogen and oxygen atoms in total. The van der Waals surface area contributed by atoms with Crippen LogP contribution in [0, 0.1) is 6.92 Å². The summed E-state index contributed by atoms with van der Waals surface area (Å²) in [7, 11) is 0. The summed E-state index contributed by atoms with van der Waals surface area (Å²) in [5.74, 6) is 0.771. The molecule has 2 heterocycles. The molecule has 0 radical (unpaired) electrons. The van der Waals surface area contributed by atoms with Crippen LogP contribution >= 0.6 is 0 Å². The summed E-state index contributed by atoms with van der Waals surface area (Å²) in [5.41, 5.74) is 1.09. The molecular formula is C19H23N3O3. The Kier molecular flexibility index (Phi) is 5.16. The number of nitrogens with zero attached hydrogens (tertiary/aromatic N) is 2. The van der Waals surface area contributed by atoms with Crippen molar-refractivity contribution in [3.63, 3.8) is 0 Å². The van der Waals surface area contributed by atoms with Crippen molar-refractivity contribution in [1.29, 1.82) is 0 Å². The number of hydrogen-bond acceptors (Lipinski definition) is 4. The van der Waals surface area contributed by atoms with Crippen LogP contribution < -0.4 is 5.32 Å². The molecule has 1 N–H and O–H groups in total. The van der Waals surface area contributed by atoms with Gasteiger partial charge in [0, 0.05) is 29.8 Å². The van der Waals surface area contributed by atoms with E-state index in [0.29, 0.717) is 28.7 Å². The standard InChI is InChI=1S/C19H23N3O3/c1-3-16-6-4-5-11-22(16)19(24)15-9-7-14(8-10-15)18(23)20-17-12-13(2)25-21-17/h7-10,12,16H,3-6,11H2,1-2H3,(H,20,21,23). The highest BCUT2D eigenvalue weighted by Crippen LogP contribution is 2.22.